The van der Waals surface area contributed by atoms with Gasteiger partial charge in [-0.1, -0.05) is 38.1 Å². The van der Waals surface area contributed by atoms with E-state index in [1.165, 1.54) is 112 Å². The molecule has 0 unspecified atom stereocenters. The molecule has 3 aliphatic rings. The number of ether oxygens (including phenoxy) is 2. The normalized spacial score (nSPS) is 12.7. The van der Waals surface area contributed by atoms with Crippen molar-refractivity contribution in [2.45, 2.75) is 90.8 Å². The van der Waals surface area contributed by atoms with Gasteiger partial charge in [0.1, 0.15) is 30.8 Å². The summed E-state index contributed by atoms with van der Waals surface area (Å²) in [6, 6.07) is 15.9. The van der Waals surface area contributed by atoms with Crippen molar-refractivity contribution in [3.63, 3.8) is 0 Å². The number of nitrogens with one attached hydrogen (secondary N) is 3. The molecule has 1 atom stereocenters. The van der Waals surface area contributed by atoms with E-state index in [1.807, 2.05) is 13.8 Å². The SMILES string of the molecule is CCCN(CCC)C(=O)C1=Cc2ccc(C(=O)Nc3cnc4c(c3)CN(C(=O)OCc3ccc(NC(=O)[C@H](CC(N)=O)NC(=O)CCc5ccc(N6C(=O)C=CC6=O)cc5OCCCC(=O)N(C)CC(=O)N(C)CC(=O)N(C)CC(=O)N(C)CC(=O)N(C)CC(=O)N(C)CC(=O)N(C)CC(=O)N(C)CC(=O)N(C)CC(=O)N(C)CC(=O)O)cc3)CC4)cc2N=C(N)C1. The molecule has 3 aromatic carbocycles. The molecule has 8 N–H and O–H groups in total. The van der Waals surface area contributed by atoms with Gasteiger partial charge in [-0.25, -0.2) is 14.7 Å². The van der Waals surface area contributed by atoms with Gasteiger partial charge in [0.25, 0.3) is 17.7 Å². The Morgan fingerprint density at radius 2 is 1.06 bits per heavy atom. The van der Waals surface area contributed by atoms with Crippen molar-refractivity contribution in [1.82, 2.24) is 69.1 Å². The van der Waals surface area contributed by atoms with Gasteiger partial charge in [0.2, 0.25) is 82.7 Å². The molecule has 0 spiro atoms. The van der Waals surface area contributed by atoms with Gasteiger partial charge in [-0.2, -0.15) is 0 Å². The minimum atomic E-state index is -1.44. The summed E-state index contributed by atoms with van der Waals surface area (Å²) in [4.78, 5) is 270. The molecule has 0 saturated heterocycles. The number of carboxylic acid groups (broad SMARTS) is 1. The third-order valence-corrected chi connectivity index (χ3v) is 20.5. The van der Waals surface area contributed by atoms with Crippen LogP contribution in [0.25, 0.3) is 6.08 Å². The standard InChI is InChI=1S/C85H110N20O22/c1-13-30-103(31-14-2)84(124)57-34-55-19-20-56(36-63(55)91-66(86)37-57)82(122)90-60-35-58-41-104(32-29-62(58)88-40-60)85(125)127-52-53-17-23-59(24-18-53)89-83(123)64(39-67(87)106)92-68(107)26-22-54-21-25-61(105-70(109)27-28-71(105)110)38-65(54)126-33-15-16-69(108)93(3)42-72(111)94(4)43-73(112)95(5)44-74(113)96(6)45-75(114)97(7)46-76(115)98(8)47-77(116)99(9)48-78(117)100(10)49-79(118)101(11)50-80(119)102(12)51-81(120)121/h17-21,23-25,27-28,34-36,38,40,64H,13-16,22,26,29-33,37,39,41-52H2,1-12H3,(H2,86,91)(H2,87,106)(H,89,123)(H,90,122)(H,92,107)(H,120,121)/t64-/m0/s1. The van der Waals surface area contributed by atoms with E-state index < -0.39 is 184 Å². The van der Waals surface area contributed by atoms with Crippen molar-refractivity contribution in [3.05, 3.63) is 124 Å². The van der Waals surface area contributed by atoms with Gasteiger partial charge in [-0.15, -0.1) is 0 Å². The summed E-state index contributed by atoms with van der Waals surface area (Å²) >= 11 is 0. The molecule has 0 radical (unpaired) electrons. The summed E-state index contributed by atoms with van der Waals surface area (Å²) in [7, 11) is 13.0. The Hall–Kier alpha value is -14.5. The maximum Gasteiger partial charge on any atom is 0.410 e. The average molecular weight is 1760 g/mol. The minimum absolute atomic E-state index is 0.0480. The number of primary amides is 1. The van der Waals surface area contributed by atoms with Crippen LogP contribution in [0.1, 0.15) is 97.1 Å². The van der Waals surface area contributed by atoms with Gasteiger partial charge in [-0.05, 0) is 84.8 Å². The first-order chi connectivity index (χ1) is 60.0. The summed E-state index contributed by atoms with van der Waals surface area (Å²) in [5.41, 5.74) is 16.9. The number of nitrogens with two attached hydrogens (primary N) is 2. The molecular weight excluding hydrogens is 1650 g/mol. The number of hydrogen-bond acceptors (Lipinski definition) is 24. The number of benzene rings is 3. The number of aromatic nitrogens is 1. The number of carbonyl (C=O) groups is 19. The molecule has 4 aromatic rings. The first kappa shape index (κ1) is 99.6. The van der Waals surface area contributed by atoms with Crippen molar-refractivity contribution in [2.75, 3.05) is 178 Å². The van der Waals surface area contributed by atoms with E-state index in [9.17, 15) is 91.1 Å². The van der Waals surface area contributed by atoms with Gasteiger partial charge >= 0.3 is 12.1 Å². The zero-order chi connectivity index (χ0) is 93.8. The predicted octanol–water partition coefficient (Wildman–Crippen LogP) is -0.358. The monoisotopic (exact) mass is 1760 g/mol. The van der Waals surface area contributed by atoms with Crippen LogP contribution in [0.4, 0.5) is 27.5 Å². The Balaban J connectivity index is 0.816. The summed E-state index contributed by atoms with van der Waals surface area (Å²) in [6.45, 7) is 0.314. The highest BCUT2D eigenvalue weighted by molar-refractivity contribution is 6.28. The molecule has 0 aliphatic carbocycles. The second-order valence-electron chi connectivity index (χ2n) is 31.0. The highest BCUT2D eigenvalue weighted by Crippen LogP contribution is 2.32. The maximum absolute atomic E-state index is 13.7. The Bertz CT molecular complexity index is 4950. The second-order valence-corrected chi connectivity index (χ2v) is 31.0. The molecular formula is C85H110N20O22. The minimum Gasteiger partial charge on any atom is -0.493 e. The summed E-state index contributed by atoms with van der Waals surface area (Å²) in [6.07, 6.45) is 6.02. The van der Waals surface area contributed by atoms with E-state index in [2.05, 4.69) is 25.9 Å². The lowest BCUT2D eigenvalue weighted by Crippen LogP contribution is -2.49. The Morgan fingerprint density at radius 1 is 0.567 bits per heavy atom. The number of carboxylic acids is 1. The molecule has 0 fully saturated rings. The lowest BCUT2D eigenvalue weighted by molar-refractivity contribution is -0.147. The van der Waals surface area contributed by atoms with E-state index in [4.69, 9.17) is 26.0 Å². The van der Waals surface area contributed by atoms with Crippen LogP contribution >= 0.6 is 0 Å². The van der Waals surface area contributed by atoms with Crippen LogP contribution in [-0.2, 0) is 112 Å². The van der Waals surface area contributed by atoms with Gasteiger partial charge < -0.3 is 101 Å². The summed E-state index contributed by atoms with van der Waals surface area (Å²) < 4.78 is 11.8. The van der Waals surface area contributed by atoms with Crippen LogP contribution in [0.15, 0.2) is 95.6 Å². The van der Waals surface area contributed by atoms with Crippen LogP contribution < -0.4 is 37.1 Å². The molecule has 7 rings (SSSR count). The van der Waals surface area contributed by atoms with Crippen molar-refractivity contribution < 1.29 is 106 Å². The molecule has 42 heteroatoms. The zero-order valence-electron chi connectivity index (χ0n) is 73.3. The van der Waals surface area contributed by atoms with E-state index in [0.717, 1.165) is 84.6 Å². The van der Waals surface area contributed by atoms with Gasteiger partial charge in [0.05, 0.1) is 102 Å². The molecule has 0 saturated carbocycles. The highest BCUT2D eigenvalue weighted by Gasteiger charge is 2.32. The van der Waals surface area contributed by atoms with E-state index in [-0.39, 0.29) is 80.7 Å². The number of carbonyl (C=O) groups excluding carboxylic acids is 18. The number of amidine groups is 1. The second kappa shape index (κ2) is 46.8. The molecule has 18 amide bonds. The number of aliphatic imine (C=N–C) groups is 1. The fraction of sp³-hybridized carbons (Fsp3) is 0.447. The van der Waals surface area contributed by atoms with Crippen LogP contribution in [-0.4, -0.2) is 355 Å². The topological polar surface area (TPSA) is 519 Å². The van der Waals surface area contributed by atoms with E-state index in [0.29, 0.717) is 70.8 Å². The number of fused-ring (bicyclic) bond motifs is 2. The van der Waals surface area contributed by atoms with Crippen molar-refractivity contribution in [1.29, 1.82) is 0 Å². The largest absolute Gasteiger partial charge is 0.493 e. The van der Waals surface area contributed by atoms with Crippen LogP contribution in [0.3, 0.4) is 0 Å². The van der Waals surface area contributed by atoms with E-state index in [1.54, 1.807) is 47.4 Å². The van der Waals surface area contributed by atoms with Crippen LogP contribution in [0.5, 0.6) is 5.75 Å². The average Bonchev–Trinajstić information content (AvgIpc) is 1.44. The highest BCUT2D eigenvalue weighted by atomic mass is 16.6. The third kappa shape index (κ3) is 29.9. The zero-order valence-corrected chi connectivity index (χ0v) is 73.3. The smallest absolute Gasteiger partial charge is 0.410 e. The fourth-order valence-electron chi connectivity index (χ4n) is 12.9. The molecule has 127 heavy (non-hydrogen) atoms. The fourth-order valence-corrected chi connectivity index (χ4v) is 12.9. The molecule has 1 aromatic heterocycles. The molecule has 4 heterocycles. The Morgan fingerprint density at radius 3 is 1.54 bits per heavy atom. The van der Waals surface area contributed by atoms with Gasteiger partial charge in [0.15, 0.2) is 0 Å². The lowest BCUT2D eigenvalue weighted by atomic mass is 10.0. The summed E-state index contributed by atoms with van der Waals surface area (Å²) in [5.74, 6) is -11.6. The molecule has 3 aliphatic heterocycles. The third-order valence-electron chi connectivity index (χ3n) is 20.5. The number of aliphatic carboxylic acids is 1. The number of rotatable bonds is 43. The summed E-state index contributed by atoms with van der Waals surface area (Å²) in [5, 5.41) is 17.0. The quantitative estimate of drug-likeness (QED) is 0.0243. The van der Waals surface area contributed by atoms with Crippen molar-refractivity contribution in [2.24, 2.45) is 16.5 Å². The molecule has 682 valence electrons. The first-order valence-electron chi connectivity index (χ1n) is 40.6. The van der Waals surface area contributed by atoms with Crippen molar-refractivity contribution in [3.8, 4) is 5.75 Å². The molecule has 0 bridgehead atoms. The number of aryl methyl sites for hydroxylation is 1. The lowest BCUT2D eigenvalue weighted by Gasteiger charge is -2.28. The number of hydrogen-bond donors (Lipinski definition) is 6. The number of nitrogens with zero attached hydrogens (tertiary/aromatic N) is 15. The van der Waals surface area contributed by atoms with Gasteiger partial charge in [0, 0.05) is 162 Å². The van der Waals surface area contributed by atoms with Crippen LogP contribution in [0.2, 0.25) is 0 Å². The number of likely N-dealkylation sites (N-methyl/N-ethyl adjacent to an activating group) is 10. The van der Waals surface area contributed by atoms with Gasteiger partial charge in [-0.3, -0.25) is 91.3 Å². The van der Waals surface area contributed by atoms with E-state index >= 15 is 0 Å². The number of imide groups is 1. The Kier molecular flexibility index (Phi) is 36.7. The van der Waals surface area contributed by atoms with Crippen molar-refractivity contribution >= 4 is 147 Å². The number of pyridine rings is 1. The number of amides is 18. The predicted molar refractivity (Wildman–Crippen MR) is 460 cm³/mol. The maximum atomic E-state index is 13.7. The molecule has 42 nitrogen and oxygen atoms in total. The Labute approximate surface area is 733 Å². The van der Waals surface area contributed by atoms with Crippen LogP contribution in [0, 0.1) is 0 Å². The number of anilines is 3. The first-order valence-corrected chi connectivity index (χ1v) is 40.6.